The monoisotopic (exact) mass is 343 g/mol. The van der Waals surface area contributed by atoms with Gasteiger partial charge in [-0.15, -0.1) is 0 Å². The Morgan fingerprint density at radius 3 is 2.42 bits per heavy atom. The summed E-state index contributed by atoms with van der Waals surface area (Å²) < 4.78 is 35.4. The molecule has 2 aromatic rings. The zero-order valence-corrected chi connectivity index (χ0v) is 14.2. The van der Waals surface area contributed by atoms with Crippen LogP contribution in [0.25, 0.3) is 6.08 Å². The molecule has 0 aliphatic heterocycles. The summed E-state index contributed by atoms with van der Waals surface area (Å²) >= 11 is 0. The Hall–Kier alpha value is -2.78. The Balaban J connectivity index is 2.44. The van der Waals surface area contributed by atoms with Gasteiger partial charge in [-0.3, -0.25) is 0 Å². The molecule has 0 saturated heterocycles. The van der Waals surface area contributed by atoms with Crippen LogP contribution in [0, 0.1) is 11.3 Å². The molecule has 0 N–H and O–H groups in total. The standard InChI is InChI=1S/C18H17NO4S/c1-22-16-8-9-18(23-2)15(10-16)11-17(12-19)24(20,21)13-14-6-4-3-5-7-14/h3-11H,13H2,1-2H3/b17-11-. The second-order valence-electron chi connectivity index (χ2n) is 4.97. The molecule has 2 aromatic carbocycles. The van der Waals surface area contributed by atoms with E-state index in [9.17, 15) is 13.7 Å². The van der Waals surface area contributed by atoms with Crippen molar-refractivity contribution < 1.29 is 17.9 Å². The average molecular weight is 343 g/mol. The van der Waals surface area contributed by atoms with Crippen molar-refractivity contribution in [1.82, 2.24) is 0 Å². The minimum Gasteiger partial charge on any atom is -0.497 e. The van der Waals surface area contributed by atoms with Gasteiger partial charge < -0.3 is 9.47 Å². The third-order valence-electron chi connectivity index (χ3n) is 3.37. The molecule has 2 rings (SSSR count). The number of nitrogens with zero attached hydrogens (tertiary/aromatic N) is 1. The van der Waals surface area contributed by atoms with Crippen LogP contribution in [-0.2, 0) is 15.6 Å². The number of hydrogen-bond acceptors (Lipinski definition) is 5. The van der Waals surface area contributed by atoms with Crippen LogP contribution in [0.4, 0.5) is 0 Å². The molecule has 0 aromatic heterocycles. The third-order valence-corrected chi connectivity index (χ3v) is 4.96. The molecular formula is C18H17NO4S. The molecule has 0 saturated carbocycles. The molecule has 0 radical (unpaired) electrons. The van der Waals surface area contributed by atoms with Gasteiger partial charge in [-0.25, -0.2) is 8.42 Å². The van der Waals surface area contributed by atoms with E-state index in [-0.39, 0.29) is 10.7 Å². The Morgan fingerprint density at radius 2 is 1.83 bits per heavy atom. The van der Waals surface area contributed by atoms with Crippen molar-refractivity contribution in [2.24, 2.45) is 0 Å². The first-order chi connectivity index (χ1) is 11.5. The summed E-state index contributed by atoms with van der Waals surface area (Å²) in [5, 5.41) is 9.32. The number of allylic oxidation sites excluding steroid dienone is 1. The Bertz CT molecular complexity index is 881. The topological polar surface area (TPSA) is 76.4 Å². The SMILES string of the molecule is COc1ccc(OC)c(/C=C(/C#N)S(=O)(=O)Cc2ccccc2)c1. The van der Waals surface area contributed by atoms with Gasteiger partial charge in [0, 0.05) is 5.56 Å². The zero-order valence-electron chi connectivity index (χ0n) is 13.4. The van der Waals surface area contributed by atoms with Crippen LogP contribution in [0.5, 0.6) is 11.5 Å². The maximum absolute atomic E-state index is 12.5. The fourth-order valence-corrected chi connectivity index (χ4v) is 3.39. The highest BCUT2D eigenvalue weighted by Gasteiger charge is 2.19. The molecule has 24 heavy (non-hydrogen) atoms. The van der Waals surface area contributed by atoms with Crippen LogP contribution in [0.2, 0.25) is 0 Å². The highest BCUT2D eigenvalue weighted by atomic mass is 32.2. The Morgan fingerprint density at radius 1 is 1.12 bits per heavy atom. The molecule has 0 amide bonds. The van der Waals surface area contributed by atoms with Crippen LogP contribution in [0.3, 0.4) is 0 Å². The lowest BCUT2D eigenvalue weighted by Crippen LogP contribution is -2.06. The highest BCUT2D eigenvalue weighted by molar-refractivity contribution is 7.95. The molecule has 0 unspecified atom stereocenters. The molecule has 0 atom stereocenters. The summed E-state index contributed by atoms with van der Waals surface area (Å²) in [7, 11) is -0.782. The van der Waals surface area contributed by atoms with Crippen molar-refractivity contribution in [3.05, 3.63) is 64.6 Å². The Labute approximate surface area is 141 Å². The molecule has 0 bridgehead atoms. The van der Waals surface area contributed by atoms with E-state index < -0.39 is 9.84 Å². The van der Waals surface area contributed by atoms with E-state index in [1.807, 2.05) is 0 Å². The smallest absolute Gasteiger partial charge is 0.192 e. The second kappa shape index (κ2) is 7.66. The maximum Gasteiger partial charge on any atom is 0.192 e. The third kappa shape index (κ3) is 4.15. The minimum atomic E-state index is -3.76. The van der Waals surface area contributed by atoms with Gasteiger partial charge in [-0.05, 0) is 29.8 Å². The summed E-state index contributed by atoms with van der Waals surface area (Å²) in [4.78, 5) is -0.321. The molecule has 6 heteroatoms. The molecule has 0 fully saturated rings. The summed E-state index contributed by atoms with van der Waals surface area (Å²) in [5.41, 5.74) is 1.08. The van der Waals surface area contributed by atoms with Crippen LogP contribution in [0.15, 0.2) is 53.4 Å². The molecule has 5 nitrogen and oxygen atoms in total. The number of nitriles is 1. The lowest BCUT2D eigenvalue weighted by molar-refractivity contribution is 0.402. The van der Waals surface area contributed by atoms with Gasteiger partial charge in [0.15, 0.2) is 9.84 Å². The lowest BCUT2D eigenvalue weighted by Gasteiger charge is -2.08. The first-order valence-electron chi connectivity index (χ1n) is 7.10. The van der Waals surface area contributed by atoms with Crippen molar-refractivity contribution in [2.75, 3.05) is 14.2 Å². The predicted molar refractivity (Wildman–Crippen MR) is 92.2 cm³/mol. The van der Waals surface area contributed by atoms with Crippen molar-refractivity contribution in [1.29, 1.82) is 5.26 Å². The number of rotatable bonds is 6. The highest BCUT2D eigenvalue weighted by Crippen LogP contribution is 2.27. The van der Waals surface area contributed by atoms with Crippen LogP contribution in [-0.4, -0.2) is 22.6 Å². The van der Waals surface area contributed by atoms with Gasteiger partial charge in [-0.1, -0.05) is 30.3 Å². The van der Waals surface area contributed by atoms with E-state index in [0.717, 1.165) is 0 Å². The number of benzene rings is 2. The van der Waals surface area contributed by atoms with Crippen molar-refractivity contribution >= 4 is 15.9 Å². The van der Waals surface area contributed by atoms with Crippen molar-refractivity contribution in [2.45, 2.75) is 5.75 Å². The fourth-order valence-electron chi connectivity index (χ4n) is 2.16. The quantitative estimate of drug-likeness (QED) is 0.753. The van der Waals surface area contributed by atoms with Gasteiger partial charge in [0.2, 0.25) is 0 Å². The summed E-state index contributed by atoms with van der Waals surface area (Å²) in [6, 6.07) is 15.5. The van der Waals surface area contributed by atoms with Crippen molar-refractivity contribution in [3.8, 4) is 17.6 Å². The molecule has 0 aliphatic carbocycles. The van der Waals surface area contributed by atoms with E-state index >= 15 is 0 Å². The maximum atomic E-state index is 12.5. The number of hydrogen-bond donors (Lipinski definition) is 0. The summed E-state index contributed by atoms with van der Waals surface area (Å²) in [5.74, 6) is 0.762. The lowest BCUT2D eigenvalue weighted by atomic mass is 10.1. The van der Waals surface area contributed by atoms with E-state index in [2.05, 4.69) is 0 Å². The van der Waals surface area contributed by atoms with Gasteiger partial charge in [0.25, 0.3) is 0 Å². The molecule has 0 heterocycles. The molecule has 0 spiro atoms. The molecular weight excluding hydrogens is 326 g/mol. The minimum absolute atomic E-state index is 0.237. The van der Waals surface area contributed by atoms with Crippen LogP contribution < -0.4 is 9.47 Å². The first kappa shape index (κ1) is 17.6. The van der Waals surface area contributed by atoms with E-state index in [0.29, 0.717) is 22.6 Å². The van der Waals surface area contributed by atoms with Crippen LogP contribution >= 0.6 is 0 Å². The van der Waals surface area contributed by atoms with Gasteiger partial charge >= 0.3 is 0 Å². The summed E-state index contributed by atoms with van der Waals surface area (Å²) in [6.07, 6.45) is 1.31. The Kier molecular flexibility index (Phi) is 5.61. The fraction of sp³-hybridized carbons (Fsp3) is 0.167. The molecule has 0 aliphatic rings. The second-order valence-corrected chi connectivity index (χ2v) is 6.93. The van der Waals surface area contributed by atoms with Gasteiger partial charge in [-0.2, -0.15) is 5.26 Å². The predicted octanol–water partition coefficient (Wildman–Crippen LogP) is 3.18. The average Bonchev–Trinajstić information content (AvgIpc) is 2.59. The van der Waals surface area contributed by atoms with Crippen molar-refractivity contribution in [3.63, 3.8) is 0 Å². The largest absolute Gasteiger partial charge is 0.497 e. The van der Waals surface area contributed by atoms with E-state index in [1.54, 1.807) is 54.6 Å². The number of sulfone groups is 1. The number of methoxy groups -OCH3 is 2. The number of ether oxygens (including phenoxy) is 2. The van der Waals surface area contributed by atoms with E-state index in [1.165, 1.54) is 20.3 Å². The van der Waals surface area contributed by atoms with Crippen LogP contribution in [0.1, 0.15) is 11.1 Å². The normalized spacial score (nSPS) is 11.6. The van der Waals surface area contributed by atoms with Gasteiger partial charge in [0.05, 0.1) is 20.0 Å². The molecule has 124 valence electrons. The van der Waals surface area contributed by atoms with Gasteiger partial charge in [0.1, 0.15) is 22.5 Å². The summed E-state index contributed by atoms with van der Waals surface area (Å²) in [6.45, 7) is 0. The van der Waals surface area contributed by atoms with E-state index in [4.69, 9.17) is 9.47 Å². The first-order valence-corrected chi connectivity index (χ1v) is 8.76. The zero-order chi connectivity index (χ0) is 17.6.